The van der Waals surface area contributed by atoms with E-state index < -0.39 is 5.41 Å². The summed E-state index contributed by atoms with van der Waals surface area (Å²) < 4.78 is 5.36. The van der Waals surface area contributed by atoms with E-state index in [2.05, 4.69) is 5.32 Å². The van der Waals surface area contributed by atoms with Crippen molar-refractivity contribution in [2.75, 3.05) is 7.11 Å². The quantitative estimate of drug-likeness (QED) is 0.759. The molecule has 0 unspecified atom stereocenters. The number of nitrogens with one attached hydrogen (secondary N) is 1. The molecule has 1 spiro atoms. The normalized spacial score (nSPS) is 26.1. The van der Waals surface area contributed by atoms with Crippen LogP contribution in [0.25, 0.3) is 0 Å². The van der Waals surface area contributed by atoms with Gasteiger partial charge in [0.1, 0.15) is 5.75 Å². The Morgan fingerprint density at radius 3 is 2.83 bits per heavy atom. The van der Waals surface area contributed by atoms with Gasteiger partial charge in [-0.2, -0.15) is 0 Å². The number of carbonyl (C=O) groups excluding carboxylic acids is 2. The summed E-state index contributed by atoms with van der Waals surface area (Å²) in [5, 5.41) is 2.44. The fourth-order valence-corrected chi connectivity index (χ4v) is 3.23. The summed E-state index contributed by atoms with van der Waals surface area (Å²) in [6.45, 7) is 0. The molecule has 2 aliphatic rings. The first-order valence-corrected chi connectivity index (χ1v) is 6.18. The maximum Gasteiger partial charge on any atom is 0.237 e. The highest BCUT2D eigenvalue weighted by molar-refractivity contribution is 6.09. The number of methoxy groups -OCH3 is 1. The predicted octanol–water partition coefficient (Wildman–Crippen LogP) is 1.32. The van der Waals surface area contributed by atoms with Crippen molar-refractivity contribution in [3.05, 3.63) is 29.3 Å². The fourth-order valence-electron chi connectivity index (χ4n) is 3.23. The van der Waals surface area contributed by atoms with Crippen molar-refractivity contribution in [2.45, 2.75) is 31.1 Å². The number of hydrogen-bond donors (Lipinski definition) is 1. The van der Waals surface area contributed by atoms with Crippen LogP contribution >= 0.6 is 0 Å². The van der Waals surface area contributed by atoms with Gasteiger partial charge >= 0.3 is 0 Å². The molecule has 1 aromatic rings. The monoisotopic (exact) mass is 245 g/mol. The van der Waals surface area contributed by atoms with Gasteiger partial charge in [0.05, 0.1) is 12.5 Å². The molecular formula is C14H15NO3. The predicted molar refractivity (Wildman–Crippen MR) is 65.4 cm³/mol. The lowest BCUT2D eigenvalue weighted by Gasteiger charge is -2.33. The summed E-state index contributed by atoms with van der Waals surface area (Å²) in [5.74, 6) is 0.496. The molecule has 0 radical (unpaired) electrons. The maximum absolute atomic E-state index is 12.2. The second kappa shape index (κ2) is 3.83. The summed E-state index contributed by atoms with van der Waals surface area (Å²) in [7, 11) is 1.64. The van der Waals surface area contributed by atoms with E-state index in [0.29, 0.717) is 0 Å². The van der Waals surface area contributed by atoms with Gasteiger partial charge in [0.25, 0.3) is 0 Å². The van der Waals surface area contributed by atoms with Gasteiger partial charge in [0.15, 0.2) is 0 Å². The zero-order valence-electron chi connectivity index (χ0n) is 10.3. The zero-order chi connectivity index (χ0) is 12.8. The third-order valence-electron chi connectivity index (χ3n) is 4.05. The number of carbonyl (C=O) groups is 2. The minimum Gasteiger partial charge on any atom is -0.496 e. The van der Waals surface area contributed by atoms with Crippen LogP contribution in [0.2, 0.25) is 0 Å². The van der Waals surface area contributed by atoms with Gasteiger partial charge in [-0.3, -0.25) is 14.9 Å². The first kappa shape index (κ1) is 11.3. The van der Waals surface area contributed by atoms with E-state index in [-0.39, 0.29) is 18.2 Å². The van der Waals surface area contributed by atoms with Gasteiger partial charge in [-0.25, -0.2) is 0 Å². The minimum atomic E-state index is -0.654. The number of fused-ring (bicyclic) bond motifs is 2. The third-order valence-corrected chi connectivity index (χ3v) is 4.05. The van der Waals surface area contributed by atoms with Crippen molar-refractivity contribution in [3.63, 3.8) is 0 Å². The van der Waals surface area contributed by atoms with Crippen molar-refractivity contribution in [2.24, 2.45) is 0 Å². The van der Waals surface area contributed by atoms with E-state index in [9.17, 15) is 9.59 Å². The van der Waals surface area contributed by atoms with E-state index in [0.717, 1.165) is 36.1 Å². The summed E-state index contributed by atoms with van der Waals surface area (Å²) >= 11 is 0. The van der Waals surface area contributed by atoms with Crippen molar-refractivity contribution in [1.29, 1.82) is 0 Å². The first-order chi connectivity index (χ1) is 8.67. The van der Waals surface area contributed by atoms with E-state index in [1.165, 1.54) is 0 Å². The van der Waals surface area contributed by atoms with Crippen LogP contribution in [0, 0.1) is 0 Å². The largest absolute Gasteiger partial charge is 0.496 e. The highest BCUT2D eigenvalue weighted by Crippen LogP contribution is 2.45. The fraction of sp³-hybridized carbons (Fsp3) is 0.429. The smallest absolute Gasteiger partial charge is 0.237 e. The zero-order valence-corrected chi connectivity index (χ0v) is 10.3. The molecule has 4 heteroatoms. The molecule has 1 aromatic carbocycles. The Labute approximate surface area is 105 Å². The van der Waals surface area contributed by atoms with E-state index in [1.807, 2.05) is 18.2 Å². The molecule has 0 saturated carbocycles. The van der Waals surface area contributed by atoms with Crippen LogP contribution in [0.3, 0.4) is 0 Å². The van der Waals surface area contributed by atoms with Crippen molar-refractivity contribution in [3.8, 4) is 5.75 Å². The van der Waals surface area contributed by atoms with Crippen LogP contribution in [0.4, 0.5) is 0 Å². The van der Waals surface area contributed by atoms with E-state index >= 15 is 0 Å². The van der Waals surface area contributed by atoms with Crippen LogP contribution in [0.15, 0.2) is 18.2 Å². The molecule has 1 heterocycles. The third kappa shape index (κ3) is 1.38. The van der Waals surface area contributed by atoms with Crippen LogP contribution < -0.4 is 10.1 Å². The SMILES string of the molecule is COc1cccc2c1CCC[C@]21CC(=O)NC1=O. The Morgan fingerprint density at radius 1 is 1.33 bits per heavy atom. The highest BCUT2D eigenvalue weighted by atomic mass is 16.5. The van der Waals surface area contributed by atoms with Crippen molar-refractivity contribution < 1.29 is 14.3 Å². The van der Waals surface area contributed by atoms with Gasteiger partial charge < -0.3 is 4.74 Å². The van der Waals surface area contributed by atoms with Gasteiger partial charge in [-0.1, -0.05) is 12.1 Å². The number of benzene rings is 1. The topological polar surface area (TPSA) is 55.4 Å². The molecule has 1 atom stereocenters. The van der Waals surface area contributed by atoms with E-state index in [1.54, 1.807) is 7.11 Å². The Balaban J connectivity index is 2.18. The molecule has 0 aromatic heterocycles. The molecule has 0 bridgehead atoms. The number of imide groups is 1. The molecule has 1 N–H and O–H groups in total. The summed E-state index contributed by atoms with van der Waals surface area (Å²) in [6.07, 6.45) is 2.83. The standard InChI is InChI=1S/C14H15NO3/c1-18-11-6-2-5-10-9(11)4-3-7-14(10)8-12(16)15-13(14)17/h2,5-6H,3-4,7-8H2,1H3,(H,15,16,17)/t14-/m0/s1. The second-order valence-electron chi connectivity index (χ2n) is 4.98. The molecule has 2 amide bonds. The minimum absolute atomic E-state index is 0.151. The Morgan fingerprint density at radius 2 is 2.17 bits per heavy atom. The van der Waals surface area contributed by atoms with Crippen LogP contribution in [-0.2, 0) is 21.4 Å². The lowest BCUT2D eigenvalue weighted by Crippen LogP contribution is -2.38. The lowest BCUT2D eigenvalue weighted by atomic mass is 9.68. The van der Waals surface area contributed by atoms with Crippen LogP contribution in [0.5, 0.6) is 5.75 Å². The summed E-state index contributed by atoms with van der Waals surface area (Å²) in [5.41, 5.74) is 1.40. The molecule has 1 saturated heterocycles. The average molecular weight is 245 g/mol. The number of amides is 2. The molecule has 3 rings (SSSR count). The molecule has 1 fully saturated rings. The molecular weight excluding hydrogens is 230 g/mol. The maximum atomic E-state index is 12.2. The number of hydrogen-bond acceptors (Lipinski definition) is 3. The van der Waals surface area contributed by atoms with Gasteiger partial charge in [0, 0.05) is 6.42 Å². The first-order valence-electron chi connectivity index (χ1n) is 6.18. The second-order valence-corrected chi connectivity index (χ2v) is 4.98. The van der Waals surface area contributed by atoms with Gasteiger partial charge in [-0.15, -0.1) is 0 Å². The molecule has 4 nitrogen and oxygen atoms in total. The Bertz CT molecular complexity index is 538. The van der Waals surface area contributed by atoms with Gasteiger partial charge in [-0.05, 0) is 36.5 Å². The number of ether oxygens (including phenoxy) is 1. The summed E-state index contributed by atoms with van der Waals surface area (Å²) in [4.78, 5) is 23.7. The van der Waals surface area contributed by atoms with E-state index in [4.69, 9.17) is 4.74 Å². The van der Waals surface area contributed by atoms with Gasteiger partial charge in [0.2, 0.25) is 11.8 Å². The lowest BCUT2D eigenvalue weighted by molar-refractivity contribution is -0.126. The molecule has 94 valence electrons. The molecule has 18 heavy (non-hydrogen) atoms. The van der Waals surface area contributed by atoms with Crippen molar-refractivity contribution in [1.82, 2.24) is 5.32 Å². The Hall–Kier alpha value is -1.84. The van der Waals surface area contributed by atoms with Crippen LogP contribution in [-0.4, -0.2) is 18.9 Å². The summed E-state index contributed by atoms with van der Waals surface area (Å²) in [6, 6.07) is 5.75. The molecule has 1 aliphatic carbocycles. The molecule has 1 aliphatic heterocycles. The Kier molecular flexibility index (Phi) is 2.40. The average Bonchev–Trinajstić information content (AvgIpc) is 2.65. The van der Waals surface area contributed by atoms with Crippen LogP contribution in [0.1, 0.15) is 30.4 Å². The number of rotatable bonds is 1. The highest BCUT2D eigenvalue weighted by Gasteiger charge is 2.50. The van der Waals surface area contributed by atoms with Crippen molar-refractivity contribution >= 4 is 11.8 Å².